The number of carbonyl (C=O) groups excluding carboxylic acids is 2. The van der Waals surface area contributed by atoms with E-state index in [1.807, 2.05) is 13.0 Å². The number of nitrogens with one attached hydrogen (secondary N) is 1. The van der Waals surface area contributed by atoms with E-state index in [9.17, 15) is 9.59 Å². The second-order valence-corrected chi connectivity index (χ2v) is 9.78. The first-order valence-electron chi connectivity index (χ1n) is 9.82. The van der Waals surface area contributed by atoms with Crippen molar-refractivity contribution in [1.82, 2.24) is 10.2 Å². The van der Waals surface area contributed by atoms with Gasteiger partial charge in [0.25, 0.3) is 0 Å². The number of likely N-dealkylation sites (tertiary alicyclic amines) is 1. The SMILES string of the molecule is C=C(/C=C\C[C@H](C)C(C)SC(=NC)C1(F)CN(C(=O)OC(C)(C)C)C1)NC(=O)OC. The van der Waals surface area contributed by atoms with E-state index in [1.165, 1.54) is 23.8 Å². The highest BCUT2D eigenvalue weighted by Gasteiger charge is 2.51. The molecule has 2 atom stereocenters. The third kappa shape index (κ3) is 8.01. The second-order valence-electron chi connectivity index (χ2n) is 8.41. The molecule has 1 rings (SSSR count). The average molecular weight is 444 g/mol. The van der Waals surface area contributed by atoms with E-state index < -0.39 is 23.5 Å². The lowest BCUT2D eigenvalue weighted by molar-refractivity contribution is -0.0227. The molecule has 30 heavy (non-hydrogen) atoms. The van der Waals surface area contributed by atoms with Crippen LogP contribution >= 0.6 is 11.8 Å². The summed E-state index contributed by atoms with van der Waals surface area (Å²) in [5.74, 6) is 0.222. The lowest BCUT2D eigenvalue weighted by Gasteiger charge is -2.45. The van der Waals surface area contributed by atoms with Crippen LogP contribution in [-0.2, 0) is 9.47 Å². The number of allylic oxidation sites excluding steroid dienone is 2. The molecule has 170 valence electrons. The summed E-state index contributed by atoms with van der Waals surface area (Å²) >= 11 is 1.39. The standard InChI is InChI=1S/C21H34FN3O4S/c1-14(10-9-11-15(2)24-18(26)28-8)16(3)30-17(23-7)21(22)12-25(13-21)19(27)29-20(4,5)6/h9,11,14,16H,2,10,12-13H2,1,3-8H3,(H,24,26)/b11-9-,23-17?/t14-,16?/m0/s1. The second kappa shape index (κ2) is 10.8. The molecule has 1 aliphatic rings. The summed E-state index contributed by atoms with van der Waals surface area (Å²) < 4.78 is 25.1. The molecule has 0 bridgehead atoms. The molecule has 0 aromatic heterocycles. The maximum atomic E-state index is 15.3. The number of hydrogen-bond donors (Lipinski definition) is 1. The topological polar surface area (TPSA) is 80.2 Å². The number of methoxy groups -OCH3 is 1. The molecule has 0 aliphatic carbocycles. The number of nitrogens with zero attached hydrogens (tertiary/aromatic N) is 2. The Morgan fingerprint density at radius 3 is 2.47 bits per heavy atom. The number of aliphatic imine (C=N–C) groups is 1. The molecule has 0 radical (unpaired) electrons. The summed E-state index contributed by atoms with van der Waals surface area (Å²) in [6, 6.07) is 0. The number of alkyl carbamates (subject to hydrolysis) is 1. The van der Waals surface area contributed by atoms with Crippen LogP contribution in [0, 0.1) is 5.92 Å². The largest absolute Gasteiger partial charge is 0.453 e. The molecule has 1 unspecified atom stereocenters. The van der Waals surface area contributed by atoms with E-state index in [0.29, 0.717) is 10.7 Å². The fourth-order valence-electron chi connectivity index (χ4n) is 2.64. The van der Waals surface area contributed by atoms with Gasteiger partial charge in [0.15, 0.2) is 5.67 Å². The van der Waals surface area contributed by atoms with E-state index in [-0.39, 0.29) is 24.3 Å². The summed E-state index contributed by atoms with van der Waals surface area (Å²) in [5, 5.41) is 2.96. The van der Waals surface area contributed by atoms with Crippen molar-refractivity contribution in [2.45, 2.75) is 57.6 Å². The summed E-state index contributed by atoms with van der Waals surface area (Å²) in [6.45, 7) is 13.0. The third-order valence-electron chi connectivity index (χ3n) is 4.49. The van der Waals surface area contributed by atoms with Crippen LogP contribution in [-0.4, -0.2) is 65.9 Å². The fraction of sp³-hybridized carbons (Fsp3) is 0.667. The Balaban J connectivity index is 2.55. The lowest BCUT2D eigenvalue weighted by Crippen LogP contribution is -2.65. The van der Waals surface area contributed by atoms with Crippen molar-refractivity contribution in [2.75, 3.05) is 27.2 Å². The van der Waals surface area contributed by atoms with Crippen LogP contribution in [0.1, 0.15) is 41.0 Å². The van der Waals surface area contributed by atoms with E-state index in [0.717, 1.165) is 6.42 Å². The van der Waals surface area contributed by atoms with Gasteiger partial charge in [0.05, 0.1) is 20.2 Å². The van der Waals surface area contributed by atoms with Gasteiger partial charge in [-0.25, -0.2) is 14.0 Å². The van der Waals surface area contributed by atoms with Gasteiger partial charge in [-0.3, -0.25) is 10.3 Å². The van der Waals surface area contributed by atoms with Crippen molar-refractivity contribution in [2.24, 2.45) is 10.9 Å². The minimum Gasteiger partial charge on any atom is -0.453 e. The average Bonchev–Trinajstić information content (AvgIpc) is 2.61. The molecule has 0 saturated carbocycles. The Morgan fingerprint density at radius 1 is 1.37 bits per heavy atom. The maximum Gasteiger partial charge on any atom is 0.411 e. The fourth-order valence-corrected chi connectivity index (χ4v) is 3.78. The Morgan fingerprint density at radius 2 is 1.97 bits per heavy atom. The predicted octanol–water partition coefficient (Wildman–Crippen LogP) is 4.55. The molecule has 0 aromatic carbocycles. The van der Waals surface area contributed by atoms with Gasteiger partial charge in [0.1, 0.15) is 10.6 Å². The minimum absolute atomic E-state index is 0.0540. The van der Waals surface area contributed by atoms with Gasteiger partial charge < -0.3 is 14.4 Å². The highest BCUT2D eigenvalue weighted by Crippen LogP contribution is 2.36. The molecule has 2 amide bonds. The summed E-state index contributed by atoms with van der Waals surface area (Å²) in [7, 11) is 2.85. The van der Waals surface area contributed by atoms with E-state index in [2.05, 4.69) is 28.5 Å². The van der Waals surface area contributed by atoms with Crippen molar-refractivity contribution in [3.63, 3.8) is 0 Å². The van der Waals surface area contributed by atoms with Crippen molar-refractivity contribution in [1.29, 1.82) is 0 Å². The van der Waals surface area contributed by atoms with Crippen LogP contribution in [0.4, 0.5) is 14.0 Å². The van der Waals surface area contributed by atoms with Crippen LogP contribution in [0.3, 0.4) is 0 Å². The van der Waals surface area contributed by atoms with Crippen LogP contribution in [0.2, 0.25) is 0 Å². The Hall–Kier alpha value is -2.03. The molecule has 1 N–H and O–H groups in total. The normalized spacial score (nSPS) is 18.4. The first kappa shape index (κ1) is 26.0. The lowest BCUT2D eigenvalue weighted by atomic mass is 9.98. The highest BCUT2D eigenvalue weighted by atomic mass is 32.2. The molecule has 1 aliphatic heterocycles. The zero-order valence-corrected chi connectivity index (χ0v) is 19.8. The summed E-state index contributed by atoms with van der Waals surface area (Å²) in [4.78, 5) is 28.7. The molecule has 0 spiro atoms. The molecule has 7 nitrogen and oxygen atoms in total. The Bertz CT molecular complexity index is 697. The summed E-state index contributed by atoms with van der Waals surface area (Å²) in [6.07, 6.45) is 3.25. The van der Waals surface area contributed by atoms with E-state index in [1.54, 1.807) is 33.9 Å². The van der Waals surface area contributed by atoms with Gasteiger partial charge in [0, 0.05) is 18.0 Å². The zero-order valence-electron chi connectivity index (χ0n) is 19.0. The number of halogens is 1. The van der Waals surface area contributed by atoms with Crippen LogP contribution < -0.4 is 5.32 Å². The number of ether oxygens (including phenoxy) is 2. The van der Waals surface area contributed by atoms with E-state index >= 15 is 4.39 Å². The monoisotopic (exact) mass is 443 g/mol. The number of amides is 2. The zero-order chi connectivity index (χ0) is 23.1. The first-order valence-corrected chi connectivity index (χ1v) is 10.7. The number of alkyl halides is 1. The first-order chi connectivity index (χ1) is 13.8. The number of carbonyl (C=O) groups is 2. The third-order valence-corrected chi connectivity index (χ3v) is 6.10. The van der Waals surface area contributed by atoms with Gasteiger partial charge in [-0.15, -0.1) is 11.8 Å². The van der Waals surface area contributed by atoms with Crippen molar-refractivity contribution >= 4 is 29.0 Å². The summed E-state index contributed by atoms with van der Waals surface area (Å²) in [5.41, 5.74) is -1.82. The van der Waals surface area contributed by atoms with Gasteiger partial charge in [-0.1, -0.05) is 26.5 Å². The van der Waals surface area contributed by atoms with Gasteiger partial charge >= 0.3 is 12.2 Å². The highest BCUT2D eigenvalue weighted by molar-refractivity contribution is 8.14. The van der Waals surface area contributed by atoms with Crippen LogP contribution in [0.15, 0.2) is 29.4 Å². The molecule has 9 heteroatoms. The van der Waals surface area contributed by atoms with Crippen LogP contribution in [0.25, 0.3) is 0 Å². The number of rotatable bonds is 7. The number of hydrogen-bond acceptors (Lipinski definition) is 6. The Kier molecular flexibility index (Phi) is 9.39. The molecule has 1 saturated heterocycles. The number of thioether (sulfide) groups is 1. The van der Waals surface area contributed by atoms with Gasteiger partial charge in [-0.05, 0) is 39.2 Å². The minimum atomic E-state index is -1.64. The molecular formula is C21H34FN3O4S. The molecule has 1 fully saturated rings. The van der Waals surface area contributed by atoms with Gasteiger partial charge in [0.2, 0.25) is 0 Å². The van der Waals surface area contributed by atoms with Gasteiger partial charge in [-0.2, -0.15) is 0 Å². The Labute approximate surface area is 183 Å². The molecule has 0 aromatic rings. The predicted molar refractivity (Wildman–Crippen MR) is 120 cm³/mol. The smallest absolute Gasteiger partial charge is 0.411 e. The maximum absolute atomic E-state index is 15.3. The molecule has 1 heterocycles. The van der Waals surface area contributed by atoms with Crippen molar-refractivity contribution in [3.8, 4) is 0 Å². The van der Waals surface area contributed by atoms with E-state index in [4.69, 9.17) is 4.74 Å². The van der Waals surface area contributed by atoms with Crippen molar-refractivity contribution in [3.05, 3.63) is 24.4 Å². The molecular weight excluding hydrogens is 409 g/mol. The van der Waals surface area contributed by atoms with Crippen LogP contribution in [0.5, 0.6) is 0 Å². The quantitative estimate of drug-likeness (QED) is 0.355. The van der Waals surface area contributed by atoms with Crippen molar-refractivity contribution < 1.29 is 23.5 Å².